The molecule has 0 unspecified atom stereocenters. The number of hydrogen-bond donors (Lipinski definition) is 1. The summed E-state index contributed by atoms with van der Waals surface area (Å²) in [6.07, 6.45) is 0.988. The minimum Gasteiger partial charge on any atom is -0.450 e. The van der Waals surface area contributed by atoms with E-state index in [1.807, 2.05) is 0 Å². The highest BCUT2D eigenvalue weighted by atomic mass is 35.5. The quantitative estimate of drug-likeness (QED) is 0.518. The zero-order valence-corrected chi connectivity index (χ0v) is 12.9. The molecule has 1 aliphatic rings. The Labute approximate surface area is 132 Å². The van der Waals surface area contributed by atoms with Crippen molar-refractivity contribution in [1.29, 1.82) is 0 Å². The van der Waals surface area contributed by atoms with Crippen LogP contribution in [0.2, 0.25) is 5.15 Å². The van der Waals surface area contributed by atoms with Crippen molar-refractivity contribution < 1.29 is 14.5 Å². The molecule has 9 heteroatoms. The van der Waals surface area contributed by atoms with Crippen LogP contribution in [-0.2, 0) is 4.74 Å². The zero-order valence-electron chi connectivity index (χ0n) is 12.1. The van der Waals surface area contributed by atoms with Gasteiger partial charge >= 0.3 is 11.8 Å². The van der Waals surface area contributed by atoms with Gasteiger partial charge in [-0.3, -0.25) is 10.1 Å². The van der Waals surface area contributed by atoms with Gasteiger partial charge in [0.15, 0.2) is 0 Å². The molecule has 1 saturated heterocycles. The van der Waals surface area contributed by atoms with Crippen LogP contribution in [0.15, 0.2) is 12.1 Å². The Hall–Kier alpha value is -2.09. The average molecular weight is 329 g/mol. The lowest BCUT2D eigenvalue weighted by Crippen LogP contribution is -2.42. The molecule has 120 valence electrons. The van der Waals surface area contributed by atoms with Crippen molar-refractivity contribution in [2.24, 2.45) is 0 Å². The number of carbonyl (C=O) groups excluding carboxylic acids is 1. The topological polar surface area (TPSA) is 97.6 Å². The highest BCUT2D eigenvalue weighted by Crippen LogP contribution is 2.26. The molecule has 2 heterocycles. The number of pyridine rings is 1. The van der Waals surface area contributed by atoms with Crippen LogP contribution < -0.4 is 5.32 Å². The van der Waals surface area contributed by atoms with Crippen molar-refractivity contribution >= 4 is 29.2 Å². The third-order valence-corrected chi connectivity index (χ3v) is 3.61. The molecule has 0 aromatic carbocycles. The maximum atomic E-state index is 11.6. The first-order chi connectivity index (χ1) is 10.5. The van der Waals surface area contributed by atoms with Gasteiger partial charge in [0.1, 0.15) is 5.15 Å². The third kappa shape index (κ3) is 3.97. The van der Waals surface area contributed by atoms with Crippen LogP contribution in [0.1, 0.15) is 19.8 Å². The number of anilines is 1. The molecule has 0 saturated carbocycles. The van der Waals surface area contributed by atoms with E-state index >= 15 is 0 Å². The molecular weight excluding hydrogens is 312 g/mol. The zero-order chi connectivity index (χ0) is 16.1. The van der Waals surface area contributed by atoms with Gasteiger partial charge in [0.25, 0.3) is 0 Å². The normalized spacial score (nSPS) is 15.5. The van der Waals surface area contributed by atoms with Gasteiger partial charge in [-0.25, -0.2) is 9.78 Å². The summed E-state index contributed by atoms with van der Waals surface area (Å²) in [5, 5.41) is 14.2. The lowest BCUT2D eigenvalue weighted by atomic mass is 10.1. The fourth-order valence-electron chi connectivity index (χ4n) is 2.30. The third-order valence-electron chi connectivity index (χ3n) is 3.40. The first-order valence-electron chi connectivity index (χ1n) is 7.00. The molecule has 0 atom stereocenters. The Bertz CT molecular complexity index is 561. The van der Waals surface area contributed by atoms with E-state index in [0.29, 0.717) is 32.5 Å². The maximum Gasteiger partial charge on any atom is 0.409 e. The number of aromatic nitrogens is 1. The summed E-state index contributed by atoms with van der Waals surface area (Å²) < 4.78 is 4.95. The molecule has 1 fully saturated rings. The van der Waals surface area contributed by atoms with Gasteiger partial charge in [0, 0.05) is 25.2 Å². The number of amides is 1. The molecule has 0 aliphatic carbocycles. The highest BCUT2D eigenvalue weighted by molar-refractivity contribution is 6.29. The van der Waals surface area contributed by atoms with Crippen LogP contribution in [0, 0.1) is 10.1 Å². The van der Waals surface area contributed by atoms with E-state index < -0.39 is 4.92 Å². The molecule has 1 aliphatic heterocycles. The largest absolute Gasteiger partial charge is 0.450 e. The number of rotatable bonds is 4. The highest BCUT2D eigenvalue weighted by Gasteiger charge is 2.26. The fraction of sp³-hybridized carbons (Fsp3) is 0.538. The maximum absolute atomic E-state index is 11.6. The van der Waals surface area contributed by atoms with Gasteiger partial charge in [-0.05, 0) is 25.8 Å². The van der Waals surface area contributed by atoms with Crippen molar-refractivity contribution in [2.75, 3.05) is 25.0 Å². The lowest BCUT2D eigenvalue weighted by molar-refractivity contribution is -0.384. The molecule has 2 rings (SSSR count). The van der Waals surface area contributed by atoms with E-state index in [0.717, 1.165) is 0 Å². The van der Waals surface area contributed by atoms with Crippen LogP contribution in [0.3, 0.4) is 0 Å². The number of nitro groups is 1. The smallest absolute Gasteiger partial charge is 0.409 e. The number of piperidine rings is 1. The van der Waals surface area contributed by atoms with Crippen molar-refractivity contribution in [3.05, 3.63) is 27.4 Å². The molecule has 1 N–H and O–H groups in total. The summed E-state index contributed by atoms with van der Waals surface area (Å²) in [6, 6.07) is 2.70. The van der Waals surface area contributed by atoms with E-state index in [-0.39, 0.29) is 28.8 Å². The Morgan fingerprint density at radius 1 is 1.55 bits per heavy atom. The number of likely N-dealkylation sites (tertiary alicyclic amines) is 1. The van der Waals surface area contributed by atoms with Crippen molar-refractivity contribution in [2.45, 2.75) is 25.8 Å². The second kappa shape index (κ2) is 7.26. The summed E-state index contributed by atoms with van der Waals surface area (Å²) in [7, 11) is 0. The number of ether oxygens (including phenoxy) is 1. The Morgan fingerprint density at radius 2 is 2.23 bits per heavy atom. The minimum absolute atomic E-state index is 0.00431. The molecule has 1 aromatic rings. The number of carbonyl (C=O) groups is 1. The SMILES string of the molecule is CCOC(=O)N1CCC(Nc2nc(Cl)ccc2[N+](=O)[O-])CC1. The van der Waals surface area contributed by atoms with Gasteiger partial charge in [0.2, 0.25) is 5.82 Å². The predicted molar refractivity (Wildman–Crippen MR) is 81.1 cm³/mol. The first-order valence-corrected chi connectivity index (χ1v) is 7.38. The molecule has 0 spiro atoms. The van der Waals surface area contributed by atoms with Crippen molar-refractivity contribution in [1.82, 2.24) is 9.88 Å². The molecule has 0 bridgehead atoms. The van der Waals surface area contributed by atoms with Gasteiger partial charge in [-0.15, -0.1) is 0 Å². The van der Waals surface area contributed by atoms with Crippen LogP contribution in [0.4, 0.5) is 16.3 Å². The van der Waals surface area contributed by atoms with Crippen molar-refractivity contribution in [3.63, 3.8) is 0 Å². The summed E-state index contributed by atoms with van der Waals surface area (Å²) in [4.78, 5) is 27.7. The van der Waals surface area contributed by atoms with Crippen LogP contribution in [-0.4, -0.2) is 46.6 Å². The summed E-state index contributed by atoms with van der Waals surface area (Å²) >= 11 is 5.80. The standard InChI is InChI=1S/C13H17ClN4O4/c1-2-22-13(19)17-7-5-9(6-8-17)15-12-10(18(20)21)3-4-11(14)16-12/h3-4,9H,2,5-8H2,1H3,(H,15,16). The number of hydrogen-bond acceptors (Lipinski definition) is 6. The van der Waals surface area contributed by atoms with Crippen LogP contribution in [0.25, 0.3) is 0 Å². The van der Waals surface area contributed by atoms with Gasteiger partial charge < -0.3 is 15.0 Å². The van der Waals surface area contributed by atoms with Crippen molar-refractivity contribution in [3.8, 4) is 0 Å². The van der Waals surface area contributed by atoms with E-state index in [1.165, 1.54) is 12.1 Å². The van der Waals surface area contributed by atoms with E-state index in [4.69, 9.17) is 16.3 Å². The second-order valence-corrected chi connectivity index (χ2v) is 5.25. The Morgan fingerprint density at radius 3 is 2.82 bits per heavy atom. The Kier molecular flexibility index (Phi) is 5.37. The molecule has 22 heavy (non-hydrogen) atoms. The number of halogens is 1. The second-order valence-electron chi connectivity index (χ2n) is 4.86. The van der Waals surface area contributed by atoms with E-state index in [1.54, 1.807) is 11.8 Å². The Balaban J connectivity index is 1.98. The van der Waals surface area contributed by atoms with Gasteiger partial charge in [-0.2, -0.15) is 0 Å². The molecule has 0 radical (unpaired) electrons. The lowest BCUT2D eigenvalue weighted by Gasteiger charge is -2.31. The summed E-state index contributed by atoms with van der Waals surface area (Å²) in [5.41, 5.74) is -0.114. The first kappa shape index (κ1) is 16.3. The molecule has 1 amide bonds. The predicted octanol–water partition coefficient (Wildman–Crippen LogP) is 2.68. The number of nitrogens with zero attached hydrogens (tertiary/aromatic N) is 3. The monoisotopic (exact) mass is 328 g/mol. The van der Waals surface area contributed by atoms with E-state index in [2.05, 4.69) is 10.3 Å². The average Bonchev–Trinajstić information content (AvgIpc) is 2.48. The van der Waals surface area contributed by atoms with Crippen LogP contribution in [0.5, 0.6) is 0 Å². The fourth-order valence-corrected chi connectivity index (χ4v) is 2.44. The van der Waals surface area contributed by atoms with Crippen LogP contribution >= 0.6 is 11.6 Å². The minimum atomic E-state index is -0.501. The van der Waals surface area contributed by atoms with Gasteiger partial charge in [0.05, 0.1) is 11.5 Å². The van der Waals surface area contributed by atoms with Gasteiger partial charge in [-0.1, -0.05) is 11.6 Å². The summed E-state index contributed by atoms with van der Waals surface area (Å²) in [5.74, 6) is 0.159. The number of nitrogens with one attached hydrogen (secondary N) is 1. The summed E-state index contributed by atoms with van der Waals surface area (Å²) in [6.45, 7) is 3.17. The molecule has 8 nitrogen and oxygen atoms in total. The molecule has 1 aromatic heterocycles. The molecular formula is C13H17ClN4O4. The van der Waals surface area contributed by atoms with E-state index in [9.17, 15) is 14.9 Å².